The molecule has 19 heavy (non-hydrogen) atoms. The highest BCUT2D eigenvalue weighted by atomic mass is 32.2. The molecule has 1 heteroatoms. The molecule has 0 heterocycles. The zero-order valence-electron chi connectivity index (χ0n) is 12.4. The number of rotatable bonds is 6. The predicted molar refractivity (Wildman–Crippen MR) is 90.6 cm³/mol. The molecule has 0 aliphatic heterocycles. The second-order valence-electron chi connectivity index (χ2n) is 5.00. The van der Waals surface area contributed by atoms with E-state index in [0.29, 0.717) is 0 Å². The Labute approximate surface area is 122 Å². The standard InChI is InChI=1S/C18H24S/c1-15(2)17(4)14-19-12-8-9-16(3)13-18-10-6-5-7-11-18/h5-11,13H,12,14H2,1-4H3/b9-8+,16-13+. The van der Waals surface area contributed by atoms with Crippen LogP contribution in [0.2, 0.25) is 0 Å². The van der Waals surface area contributed by atoms with Crippen LogP contribution in [-0.2, 0) is 0 Å². The summed E-state index contributed by atoms with van der Waals surface area (Å²) in [7, 11) is 0. The summed E-state index contributed by atoms with van der Waals surface area (Å²) in [6.45, 7) is 8.72. The summed E-state index contributed by atoms with van der Waals surface area (Å²) in [5.74, 6) is 2.21. The van der Waals surface area contributed by atoms with Crippen LogP contribution >= 0.6 is 11.8 Å². The van der Waals surface area contributed by atoms with Crippen molar-refractivity contribution in [1.82, 2.24) is 0 Å². The van der Waals surface area contributed by atoms with E-state index in [1.54, 1.807) is 0 Å². The summed E-state index contributed by atoms with van der Waals surface area (Å²) >= 11 is 1.97. The minimum atomic E-state index is 1.07. The fourth-order valence-corrected chi connectivity index (χ4v) is 2.46. The lowest BCUT2D eigenvalue weighted by Crippen LogP contribution is -1.85. The van der Waals surface area contributed by atoms with Crippen molar-refractivity contribution in [3.05, 3.63) is 64.8 Å². The number of benzene rings is 1. The average Bonchev–Trinajstić information content (AvgIpc) is 2.39. The molecule has 1 aromatic carbocycles. The van der Waals surface area contributed by atoms with Gasteiger partial charge in [0.2, 0.25) is 0 Å². The van der Waals surface area contributed by atoms with Crippen molar-refractivity contribution >= 4 is 17.8 Å². The molecule has 102 valence electrons. The van der Waals surface area contributed by atoms with Crippen molar-refractivity contribution in [3.63, 3.8) is 0 Å². The molecule has 0 fully saturated rings. The Morgan fingerprint density at radius 1 is 1.05 bits per heavy atom. The van der Waals surface area contributed by atoms with Gasteiger partial charge >= 0.3 is 0 Å². The van der Waals surface area contributed by atoms with Gasteiger partial charge in [0.15, 0.2) is 0 Å². The zero-order chi connectivity index (χ0) is 14.1. The van der Waals surface area contributed by atoms with E-state index in [4.69, 9.17) is 0 Å². The highest BCUT2D eigenvalue weighted by Gasteiger charge is 1.92. The highest BCUT2D eigenvalue weighted by molar-refractivity contribution is 7.99. The second kappa shape index (κ2) is 8.82. The van der Waals surface area contributed by atoms with E-state index < -0.39 is 0 Å². The molecular weight excluding hydrogens is 248 g/mol. The van der Waals surface area contributed by atoms with Crippen LogP contribution in [-0.4, -0.2) is 11.5 Å². The summed E-state index contributed by atoms with van der Waals surface area (Å²) in [6, 6.07) is 10.4. The minimum absolute atomic E-state index is 1.07. The van der Waals surface area contributed by atoms with Gasteiger partial charge in [0.1, 0.15) is 0 Å². The molecule has 0 aliphatic carbocycles. The van der Waals surface area contributed by atoms with Gasteiger partial charge in [-0.05, 0) is 33.3 Å². The maximum Gasteiger partial charge on any atom is 0.0146 e. The lowest BCUT2D eigenvalue weighted by atomic mass is 10.1. The number of thioether (sulfide) groups is 1. The largest absolute Gasteiger partial charge is 0.153 e. The first kappa shape index (κ1) is 15.8. The van der Waals surface area contributed by atoms with Crippen LogP contribution in [0.25, 0.3) is 6.08 Å². The Hall–Kier alpha value is -1.21. The Morgan fingerprint density at radius 2 is 1.74 bits per heavy atom. The van der Waals surface area contributed by atoms with Crippen LogP contribution in [0.15, 0.2) is 59.2 Å². The molecular formula is C18H24S. The maximum absolute atomic E-state index is 2.25. The molecule has 0 aliphatic rings. The molecule has 0 aromatic heterocycles. The van der Waals surface area contributed by atoms with Crippen LogP contribution in [0.4, 0.5) is 0 Å². The van der Waals surface area contributed by atoms with Gasteiger partial charge in [0, 0.05) is 11.5 Å². The molecule has 0 nitrogen and oxygen atoms in total. The normalized spacial score (nSPS) is 11.9. The summed E-state index contributed by atoms with van der Waals surface area (Å²) in [4.78, 5) is 0. The predicted octanol–water partition coefficient (Wildman–Crippen LogP) is 5.74. The molecule has 0 amide bonds. The van der Waals surface area contributed by atoms with Gasteiger partial charge < -0.3 is 0 Å². The maximum atomic E-state index is 2.25. The van der Waals surface area contributed by atoms with Crippen LogP contribution in [0, 0.1) is 0 Å². The van der Waals surface area contributed by atoms with E-state index in [0.717, 1.165) is 11.5 Å². The van der Waals surface area contributed by atoms with E-state index in [1.807, 2.05) is 17.8 Å². The molecule has 0 radical (unpaired) electrons. The number of hydrogen-bond acceptors (Lipinski definition) is 1. The lowest BCUT2D eigenvalue weighted by Gasteiger charge is -2.01. The third-order valence-electron chi connectivity index (χ3n) is 2.96. The van der Waals surface area contributed by atoms with Crippen molar-refractivity contribution in [3.8, 4) is 0 Å². The van der Waals surface area contributed by atoms with Gasteiger partial charge in [-0.1, -0.05) is 65.3 Å². The van der Waals surface area contributed by atoms with Gasteiger partial charge in [-0.15, -0.1) is 0 Å². The summed E-state index contributed by atoms with van der Waals surface area (Å²) < 4.78 is 0. The summed E-state index contributed by atoms with van der Waals surface area (Å²) in [5.41, 5.74) is 5.50. The van der Waals surface area contributed by atoms with Crippen molar-refractivity contribution in [2.45, 2.75) is 27.7 Å². The average molecular weight is 272 g/mol. The van der Waals surface area contributed by atoms with Crippen molar-refractivity contribution in [2.75, 3.05) is 11.5 Å². The second-order valence-corrected chi connectivity index (χ2v) is 6.03. The lowest BCUT2D eigenvalue weighted by molar-refractivity contribution is 1.24. The Kier molecular flexibility index (Phi) is 7.35. The van der Waals surface area contributed by atoms with Crippen LogP contribution in [0.1, 0.15) is 33.3 Å². The van der Waals surface area contributed by atoms with Crippen LogP contribution < -0.4 is 0 Å². The van der Waals surface area contributed by atoms with Gasteiger partial charge in [0.05, 0.1) is 0 Å². The fraction of sp³-hybridized carbons (Fsp3) is 0.333. The molecule has 0 spiro atoms. The summed E-state index contributed by atoms with van der Waals surface area (Å²) in [5, 5.41) is 0. The molecule has 0 bridgehead atoms. The zero-order valence-corrected chi connectivity index (χ0v) is 13.3. The van der Waals surface area contributed by atoms with Gasteiger partial charge in [-0.2, -0.15) is 11.8 Å². The SMILES string of the molecule is CC(C)=C(C)CSC/C=C/C(C)=C/c1ccccc1. The first-order valence-corrected chi connectivity index (χ1v) is 7.85. The van der Waals surface area contributed by atoms with Crippen LogP contribution in [0.5, 0.6) is 0 Å². The van der Waals surface area contributed by atoms with Crippen molar-refractivity contribution < 1.29 is 0 Å². The van der Waals surface area contributed by atoms with Gasteiger partial charge in [0.25, 0.3) is 0 Å². The minimum Gasteiger partial charge on any atom is -0.153 e. The van der Waals surface area contributed by atoms with Crippen molar-refractivity contribution in [2.24, 2.45) is 0 Å². The molecule has 0 atom stereocenters. The quantitative estimate of drug-likeness (QED) is 0.362. The Morgan fingerprint density at radius 3 is 2.37 bits per heavy atom. The molecule has 1 aromatic rings. The third kappa shape index (κ3) is 7.07. The third-order valence-corrected chi connectivity index (χ3v) is 4.03. The first-order valence-electron chi connectivity index (χ1n) is 6.70. The first-order chi connectivity index (χ1) is 9.09. The Bertz CT molecular complexity index is 460. The molecule has 1 rings (SSSR count). The topological polar surface area (TPSA) is 0 Å². The molecule has 0 N–H and O–H groups in total. The molecule has 0 saturated heterocycles. The smallest absolute Gasteiger partial charge is 0.0146 e. The van der Waals surface area contributed by atoms with E-state index in [9.17, 15) is 0 Å². The van der Waals surface area contributed by atoms with Crippen molar-refractivity contribution in [1.29, 1.82) is 0 Å². The van der Waals surface area contributed by atoms with E-state index >= 15 is 0 Å². The van der Waals surface area contributed by atoms with Gasteiger partial charge in [-0.3, -0.25) is 0 Å². The number of hydrogen-bond donors (Lipinski definition) is 0. The fourth-order valence-electron chi connectivity index (χ4n) is 1.52. The van der Waals surface area contributed by atoms with E-state index in [-0.39, 0.29) is 0 Å². The van der Waals surface area contributed by atoms with Gasteiger partial charge in [-0.25, -0.2) is 0 Å². The monoisotopic (exact) mass is 272 g/mol. The Balaban J connectivity index is 2.37. The highest BCUT2D eigenvalue weighted by Crippen LogP contribution is 2.12. The number of allylic oxidation sites excluding steroid dienone is 3. The molecule has 0 saturated carbocycles. The van der Waals surface area contributed by atoms with Crippen LogP contribution in [0.3, 0.4) is 0 Å². The van der Waals surface area contributed by atoms with E-state index in [2.05, 4.69) is 70.2 Å². The molecule has 0 unspecified atom stereocenters. The van der Waals surface area contributed by atoms with E-state index in [1.165, 1.54) is 22.3 Å². The summed E-state index contributed by atoms with van der Waals surface area (Å²) in [6.07, 6.45) is 6.66.